The number of aliphatic hydroxyl groups excluding tert-OH is 2. The molecule has 0 saturated carbocycles. The summed E-state index contributed by atoms with van der Waals surface area (Å²) in [5.74, 6) is 0.356. The molecule has 31 heavy (non-hydrogen) atoms. The van der Waals surface area contributed by atoms with E-state index in [9.17, 15) is 26.7 Å². The third kappa shape index (κ3) is 3.83. The summed E-state index contributed by atoms with van der Waals surface area (Å²) in [6, 6.07) is 2.95. The predicted octanol–water partition coefficient (Wildman–Crippen LogP) is 1.25. The summed E-state index contributed by atoms with van der Waals surface area (Å²) in [6.07, 6.45) is -2.73. The van der Waals surface area contributed by atoms with Crippen molar-refractivity contribution in [1.29, 1.82) is 0 Å². The summed E-state index contributed by atoms with van der Waals surface area (Å²) in [4.78, 5) is 13.6. The van der Waals surface area contributed by atoms with Gasteiger partial charge in [0, 0.05) is 31.1 Å². The molecule has 166 valence electrons. The smallest absolute Gasteiger partial charge is 0.392 e. The van der Waals surface area contributed by atoms with Crippen LogP contribution < -0.4 is 4.90 Å². The number of imidazole rings is 1. The normalized spacial score (nSPS) is 14.8. The fourth-order valence-corrected chi connectivity index (χ4v) is 4.56. The molecule has 2 N–H and O–H groups in total. The van der Waals surface area contributed by atoms with E-state index in [2.05, 4.69) is 15.0 Å². The van der Waals surface area contributed by atoms with E-state index in [0.29, 0.717) is 23.4 Å². The Morgan fingerprint density at radius 2 is 1.81 bits per heavy atom. The fourth-order valence-electron chi connectivity index (χ4n) is 3.64. The van der Waals surface area contributed by atoms with Crippen LogP contribution in [0.25, 0.3) is 11.0 Å². The maximum atomic E-state index is 13.3. The number of nitrogens with zero attached hydrogens (tertiary/aromatic N) is 5. The van der Waals surface area contributed by atoms with Gasteiger partial charge in [-0.3, -0.25) is 0 Å². The summed E-state index contributed by atoms with van der Waals surface area (Å²) in [5.41, 5.74) is -0.351. The Balaban J connectivity index is 1.74. The van der Waals surface area contributed by atoms with Gasteiger partial charge in [0.2, 0.25) is 5.95 Å². The van der Waals surface area contributed by atoms with Gasteiger partial charge in [-0.15, -0.1) is 0 Å². The molecule has 9 nitrogen and oxygen atoms in total. The van der Waals surface area contributed by atoms with Gasteiger partial charge in [-0.2, -0.15) is 13.2 Å². The molecule has 3 aromatic rings. The minimum Gasteiger partial charge on any atom is -0.392 e. The molecule has 2 aromatic heterocycles. The minimum atomic E-state index is -4.73. The second-order valence-electron chi connectivity index (χ2n) is 7.18. The van der Waals surface area contributed by atoms with Crippen LogP contribution in [0.3, 0.4) is 0 Å². The van der Waals surface area contributed by atoms with Gasteiger partial charge < -0.3 is 19.7 Å². The zero-order valence-electron chi connectivity index (χ0n) is 16.3. The van der Waals surface area contributed by atoms with E-state index in [4.69, 9.17) is 5.11 Å². The molecular weight excluding hydrogens is 439 g/mol. The van der Waals surface area contributed by atoms with Crippen molar-refractivity contribution >= 4 is 26.8 Å². The Labute approximate surface area is 174 Å². The van der Waals surface area contributed by atoms with Crippen molar-refractivity contribution in [2.24, 2.45) is 0 Å². The van der Waals surface area contributed by atoms with E-state index >= 15 is 0 Å². The van der Waals surface area contributed by atoms with Crippen molar-refractivity contribution in [2.45, 2.75) is 37.4 Å². The largest absolute Gasteiger partial charge is 0.433 e. The zero-order chi connectivity index (χ0) is 22.6. The molecule has 0 unspecified atom stereocenters. The molecule has 0 spiro atoms. The first-order valence-electron chi connectivity index (χ1n) is 9.14. The Bertz CT molecular complexity index is 1270. The highest BCUT2D eigenvalue weighted by atomic mass is 32.2. The summed E-state index contributed by atoms with van der Waals surface area (Å²) < 4.78 is 65.7. The van der Waals surface area contributed by atoms with Gasteiger partial charge >= 0.3 is 6.18 Å². The van der Waals surface area contributed by atoms with Crippen LogP contribution in [0.4, 0.5) is 19.1 Å². The van der Waals surface area contributed by atoms with Gasteiger partial charge in [0.05, 0.1) is 35.7 Å². The number of halogens is 3. The zero-order valence-corrected chi connectivity index (χ0v) is 17.1. The molecule has 0 bridgehead atoms. The van der Waals surface area contributed by atoms with E-state index in [1.807, 2.05) is 0 Å². The van der Waals surface area contributed by atoms with E-state index in [1.54, 1.807) is 4.57 Å². The highest BCUT2D eigenvalue weighted by molar-refractivity contribution is 7.90. The Kier molecular flexibility index (Phi) is 5.14. The molecule has 0 atom stereocenters. The van der Waals surface area contributed by atoms with Gasteiger partial charge in [-0.05, 0) is 17.7 Å². The molecule has 1 aromatic carbocycles. The fraction of sp³-hybridized carbons (Fsp3) is 0.389. The van der Waals surface area contributed by atoms with Crippen LogP contribution in [0.15, 0.2) is 23.2 Å². The monoisotopic (exact) mass is 457 g/mol. The molecule has 0 radical (unpaired) electrons. The number of aliphatic hydroxyl groups is 2. The second kappa shape index (κ2) is 7.43. The SMILES string of the molecule is CS(=O)(=O)c1cc2c(cc1CO)nc1n2CCN(c2ncc(CO)c(C(F)(F)F)n2)C1. The van der Waals surface area contributed by atoms with E-state index in [0.717, 1.165) is 12.5 Å². The van der Waals surface area contributed by atoms with Crippen molar-refractivity contribution in [1.82, 2.24) is 19.5 Å². The number of alkyl halides is 3. The van der Waals surface area contributed by atoms with E-state index in [1.165, 1.54) is 17.0 Å². The molecule has 13 heteroatoms. The quantitative estimate of drug-likeness (QED) is 0.601. The van der Waals surface area contributed by atoms with Crippen LogP contribution in [0.5, 0.6) is 0 Å². The number of benzene rings is 1. The maximum Gasteiger partial charge on any atom is 0.433 e. The summed E-state index contributed by atoms with van der Waals surface area (Å²) in [5, 5.41) is 18.7. The lowest BCUT2D eigenvalue weighted by molar-refractivity contribution is -0.142. The van der Waals surface area contributed by atoms with Crippen LogP contribution in [0.2, 0.25) is 0 Å². The molecule has 0 saturated heterocycles. The highest BCUT2D eigenvalue weighted by Gasteiger charge is 2.36. The van der Waals surface area contributed by atoms with Gasteiger partial charge in [0.25, 0.3) is 0 Å². The van der Waals surface area contributed by atoms with Gasteiger partial charge in [-0.25, -0.2) is 23.4 Å². The number of sulfone groups is 1. The predicted molar refractivity (Wildman–Crippen MR) is 103 cm³/mol. The van der Waals surface area contributed by atoms with Crippen molar-refractivity contribution in [3.63, 3.8) is 0 Å². The minimum absolute atomic E-state index is 0.00498. The molecule has 4 rings (SSSR count). The Morgan fingerprint density at radius 1 is 1.10 bits per heavy atom. The van der Waals surface area contributed by atoms with E-state index < -0.39 is 40.5 Å². The molecule has 0 aliphatic carbocycles. The van der Waals surface area contributed by atoms with Crippen LogP contribution in [-0.2, 0) is 42.3 Å². The molecule has 3 heterocycles. The number of hydrogen-bond acceptors (Lipinski definition) is 8. The van der Waals surface area contributed by atoms with Crippen LogP contribution >= 0.6 is 0 Å². The number of anilines is 1. The van der Waals surface area contributed by atoms with Crippen LogP contribution in [-0.4, -0.2) is 51.0 Å². The first-order chi connectivity index (χ1) is 14.5. The summed E-state index contributed by atoms with van der Waals surface area (Å²) >= 11 is 0. The molecule has 1 aliphatic rings. The van der Waals surface area contributed by atoms with Crippen molar-refractivity contribution in [3.05, 3.63) is 41.0 Å². The molecule has 0 fully saturated rings. The lowest BCUT2D eigenvalue weighted by Crippen LogP contribution is -2.35. The Morgan fingerprint density at radius 3 is 2.42 bits per heavy atom. The molecule has 1 aliphatic heterocycles. The van der Waals surface area contributed by atoms with Crippen molar-refractivity contribution in [3.8, 4) is 0 Å². The molecule has 0 amide bonds. The second-order valence-corrected chi connectivity index (χ2v) is 9.16. The number of rotatable bonds is 4. The van der Waals surface area contributed by atoms with Crippen molar-refractivity contribution < 1.29 is 31.8 Å². The van der Waals surface area contributed by atoms with Gasteiger partial charge in [0.15, 0.2) is 15.5 Å². The average Bonchev–Trinajstić information content (AvgIpc) is 3.07. The maximum absolute atomic E-state index is 13.3. The van der Waals surface area contributed by atoms with Gasteiger partial charge in [-0.1, -0.05) is 0 Å². The third-order valence-electron chi connectivity index (χ3n) is 5.08. The first-order valence-corrected chi connectivity index (χ1v) is 11.0. The third-order valence-corrected chi connectivity index (χ3v) is 6.26. The van der Waals surface area contributed by atoms with Crippen LogP contribution in [0.1, 0.15) is 22.6 Å². The highest BCUT2D eigenvalue weighted by Crippen LogP contribution is 2.32. The summed E-state index contributed by atoms with van der Waals surface area (Å²) in [6.45, 7) is -0.615. The first kappa shape index (κ1) is 21.5. The average molecular weight is 457 g/mol. The lowest BCUT2D eigenvalue weighted by Gasteiger charge is -2.28. The van der Waals surface area contributed by atoms with Crippen molar-refractivity contribution in [2.75, 3.05) is 17.7 Å². The standard InChI is InChI=1S/C18H18F3N5O4S/c1-31(29,30)14-5-13-12(4-10(14)8-27)23-15-7-25(2-3-26(13)15)17-22-6-11(9-28)16(24-17)18(19,20)21/h4-6,27-28H,2-3,7-9H2,1H3. The summed E-state index contributed by atoms with van der Waals surface area (Å²) in [7, 11) is -3.58. The topological polar surface area (TPSA) is 121 Å². The Hall–Kier alpha value is -2.77. The number of aromatic nitrogens is 4. The lowest BCUT2D eigenvalue weighted by atomic mass is 10.2. The van der Waals surface area contributed by atoms with E-state index in [-0.39, 0.29) is 29.5 Å². The number of fused-ring (bicyclic) bond motifs is 3. The van der Waals surface area contributed by atoms with Crippen LogP contribution in [0, 0.1) is 0 Å². The van der Waals surface area contributed by atoms with Gasteiger partial charge in [0.1, 0.15) is 5.82 Å². The number of hydrogen-bond donors (Lipinski definition) is 2. The molecular formula is C18H18F3N5O4S.